The number of nitrogens with zero attached hydrogens (tertiary/aromatic N) is 1. The summed E-state index contributed by atoms with van der Waals surface area (Å²) in [6, 6.07) is 12.2. The number of carbonyl (C=O) groups excluding carboxylic acids is 1. The average molecular weight is 425 g/mol. The van der Waals surface area contributed by atoms with Crippen molar-refractivity contribution in [2.75, 3.05) is 30.3 Å². The van der Waals surface area contributed by atoms with Crippen LogP contribution in [0.15, 0.2) is 47.4 Å². The number of fused-ring (bicyclic) bond motifs is 1. The van der Waals surface area contributed by atoms with Gasteiger partial charge in [-0.3, -0.25) is 4.79 Å². The molecule has 1 aliphatic rings. The number of benzene rings is 2. The number of nitrogen functional groups attached to an aromatic ring is 1. The molecule has 5 N–H and O–H groups in total. The second-order valence-corrected chi connectivity index (χ2v) is 8.22. The first-order valence-corrected chi connectivity index (χ1v) is 10.4. The predicted molar refractivity (Wildman–Crippen MR) is 113 cm³/mol. The summed E-state index contributed by atoms with van der Waals surface area (Å²) in [6.07, 6.45) is 2.53. The zero-order valence-electron chi connectivity index (χ0n) is 15.4. The number of rotatable bonds is 6. The number of nitrogens with one attached hydrogen (secondary N) is 1. The van der Waals surface area contributed by atoms with Gasteiger partial charge in [0.05, 0.1) is 11.4 Å². The molecule has 28 heavy (non-hydrogen) atoms. The van der Waals surface area contributed by atoms with Gasteiger partial charge < -0.3 is 16.0 Å². The molecule has 1 aliphatic heterocycles. The van der Waals surface area contributed by atoms with E-state index in [1.54, 1.807) is 12.1 Å². The average Bonchev–Trinajstić information content (AvgIpc) is 2.62. The molecular formula is C19H25ClN4O3S. The standard InChI is InChI=1S/C19H24N4O3S.ClH/c20-17-4-1-5-18-16(17)3-2-12-23(18)13-19(24)22-11-10-14-6-8-15(9-7-14)27(21,25)26;/h1,4-9H,2-3,10-13,20H2,(H,22,24)(H2,21,25,26);1H. The molecule has 7 nitrogen and oxygen atoms in total. The molecule has 152 valence electrons. The van der Waals surface area contributed by atoms with Gasteiger partial charge in [0.1, 0.15) is 0 Å². The minimum absolute atomic E-state index is 0. The van der Waals surface area contributed by atoms with Gasteiger partial charge in [0, 0.05) is 24.5 Å². The predicted octanol–water partition coefficient (Wildman–Crippen LogP) is 1.45. The number of anilines is 2. The highest BCUT2D eigenvalue weighted by Gasteiger charge is 2.20. The fraction of sp³-hybridized carbons (Fsp3) is 0.316. The molecule has 0 aromatic heterocycles. The highest BCUT2D eigenvalue weighted by Crippen LogP contribution is 2.30. The van der Waals surface area contributed by atoms with Crippen LogP contribution in [-0.4, -0.2) is 34.0 Å². The van der Waals surface area contributed by atoms with Crippen LogP contribution < -0.4 is 21.1 Å². The van der Waals surface area contributed by atoms with Gasteiger partial charge in [-0.2, -0.15) is 0 Å². The van der Waals surface area contributed by atoms with Crippen molar-refractivity contribution >= 4 is 39.7 Å². The molecule has 0 aliphatic carbocycles. The molecule has 3 rings (SSSR count). The molecule has 0 bridgehead atoms. The first-order chi connectivity index (χ1) is 12.8. The lowest BCUT2D eigenvalue weighted by molar-refractivity contribution is -0.119. The number of hydrogen-bond acceptors (Lipinski definition) is 5. The summed E-state index contributed by atoms with van der Waals surface area (Å²) in [5, 5.41) is 8.00. The van der Waals surface area contributed by atoms with Crippen LogP contribution in [0.25, 0.3) is 0 Å². The third kappa shape index (κ3) is 5.37. The Hall–Kier alpha value is -2.29. The third-order valence-electron chi connectivity index (χ3n) is 4.71. The van der Waals surface area contributed by atoms with E-state index in [0.717, 1.165) is 41.9 Å². The Morgan fingerprint density at radius 3 is 2.54 bits per heavy atom. The van der Waals surface area contributed by atoms with E-state index in [4.69, 9.17) is 10.9 Å². The van der Waals surface area contributed by atoms with E-state index in [9.17, 15) is 13.2 Å². The first kappa shape index (κ1) is 22.0. The Labute approximate surface area is 171 Å². The van der Waals surface area contributed by atoms with Crippen molar-refractivity contribution in [3.05, 3.63) is 53.6 Å². The normalized spacial score (nSPS) is 13.4. The molecule has 2 aromatic carbocycles. The minimum Gasteiger partial charge on any atom is -0.398 e. The van der Waals surface area contributed by atoms with E-state index in [0.29, 0.717) is 19.5 Å². The third-order valence-corrected chi connectivity index (χ3v) is 5.63. The number of nitrogens with two attached hydrogens (primary N) is 2. The largest absolute Gasteiger partial charge is 0.398 e. The number of halogens is 1. The first-order valence-electron chi connectivity index (χ1n) is 8.85. The Morgan fingerprint density at radius 2 is 1.86 bits per heavy atom. The summed E-state index contributed by atoms with van der Waals surface area (Å²) in [4.78, 5) is 14.4. The van der Waals surface area contributed by atoms with Crippen molar-refractivity contribution in [2.45, 2.75) is 24.2 Å². The molecule has 0 saturated heterocycles. The summed E-state index contributed by atoms with van der Waals surface area (Å²) in [6.45, 7) is 1.60. The minimum atomic E-state index is -3.68. The lowest BCUT2D eigenvalue weighted by Gasteiger charge is -2.31. The fourth-order valence-corrected chi connectivity index (χ4v) is 3.83. The maximum Gasteiger partial charge on any atom is 0.239 e. The van der Waals surface area contributed by atoms with E-state index in [1.807, 2.05) is 18.2 Å². The molecule has 0 fully saturated rings. The molecule has 2 aromatic rings. The Morgan fingerprint density at radius 1 is 1.14 bits per heavy atom. The molecule has 1 amide bonds. The molecule has 0 atom stereocenters. The van der Waals surface area contributed by atoms with E-state index in [1.165, 1.54) is 12.1 Å². The maximum absolute atomic E-state index is 12.3. The van der Waals surface area contributed by atoms with Crippen LogP contribution >= 0.6 is 12.4 Å². The van der Waals surface area contributed by atoms with Gasteiger partial charge in [0.15, 0.2) is 0 Å². The molecule has 1 heterocycles. The summed E-state index contributed by atoms with van der Waals surface area (Å²) in [5.74, 6) is -0.0496. The van der Waals surface area contributed by atoms with Gasteiger partial charge in [0.25, 0.3) is 0 Å². The van der Waals surface area contributed by atoms with E-state index < -0.39 is 10.0 Å². The van der Waals surface area contributed by atoms with E-state index >= 15 is 0 Å². The van der Waals surface area contributed by atoms with Crippen LogP contribution in [0.3, 0.4) is 0 Å². The second kappa shape index (κ2) is 9.27. The van der Waals surface area contributed by atoms with Gasteiger partial charge in [-0.1, -0.05) is 18.2 Å². The van der Waals surface area contributed by atoms with Crippen molar-refractivity contribution in [1.29, 1.82) is 0 Å². The van der Waals surface area contributed by atoms with Gasteiger partial charge in [0.2, 0.25) is 15.9 Å². The van der Waals surface area contributed by atoms with Crippen LogP contribution in [0, 0.1) is 0 Å². The molecule has 0 unspecified atom stereocenters. The van der Waals surface area contributed by atoms with E-state index in [-0.39, 0.29) is 23.2 Å². The Kier molecular flexibility index (Phi) is 7.29. The summed E-state index contributed by atoms with van der Waals surface area (Å²) in [7, 11) is -3.68. The van der Waals surface area contributed by atoms with E-state index in [2.05, 4.69) is 10.2 Å². The number of primary sulfonamides is 1. The zero-order chi connectivity index (χ0) is 19.4. The Bertz CT molecular complexity index is 933. The Balaban J connectivity index is 0.00000280. The summed E-state index contributed by atoms with van der Waals surface area (Å²) in [5.41, 5.74) is 9.91. The SMILES string of the molecule is Cl.Nc1cccc2c1CCCN2CC(=O)NCCc1ccc(S(N)(=O)=O)cc1. The monoisotopic (exact) mass is 424 g/mol. The molecular weight excluding hydrogens is 400 g/mol. The van der Waals surface area contributed by atoms with Crippen molar-refractivity contribution in [2.24, 2.45) is 5.14 Å². The van der Waals surface area contributed by atoms with Crippen molar-refractivity contribution in [1.82, 2.24) is 5.32 Å². The van der Waals surface area contributed by atoms with Crippen LogP contribution in [-0.2, 0) is 27.7 Å². The molecule has 9 heteroatoms. The lowest BCUT2D eigenvalue weighted by atomic mass is 10.00. The van der Waals surface area contributed by atoms with Gasteiger partial charge in [-0.05, 0) is 54.7 Å². The fourth-order valence-electron chi connectivity index (χ4n) is 3.31. The van der Waals surface area contributed by atoms with Gasteiger partial charge >= 0.3 is 0 Å². The topological polar surface area (TPSA) is 119 Å². The van der Waals surface area contributed by atoms with Gasteiger partial charge in [-0.15, -0.1) is 12.4 Å². The number of hydrogen-bond donors (Lipinski definition) is 3. The number of sulfonamides is 1. The van der Waals surface area contributed by atoms with Crippen LogP contribution in [0.4, 0.5) is 11.4 Å². The summed E-state index contributed by atoms with van der Waals surface area (Å²) < 4.78 is 22.5. The second-order valence-electron chi connectivity index (χ2n) is 6.66. The molecule has 0 saturated carbocycles. The van der Waals surface area contributed by atoms with Gasteiger partial charge in [-0.25, -0.2) is 13.6 Å². The zero-order valence-corrected chi connectivity index (χ0v) is 17.1. The lowest BCUT2D eigenvalue weighted by Crippen LogP contribution is -2.40. The van der Waals surface area contributed by atoms with Crippen LogP contribution in [0.5, 0.6) is 0 Å². The summed E-state index contributed by atoms with van der Waals surface area (Å²) >= 11 is 0. The van der Waals surface area contributed by atoms with Crippen molar-refractivity contribution < 1.29 is 13.2 Å². The number of carbonyl (C=O) groups is 1. The quantitative estimate of drug-likeness (QED) is 0.606. The van der Waals surface area contributed by atoms with Crippen molar-refractivity contribution in [3.63, 3.8) is 0 Å². The van der Waals surface area contributed by atoms with Crippen LogP contribution in [0.2, 0.25) is 0 Å². The highest BCUT2D eigenvalue weighted by molar-refractivity contribution is 7.89. The maximum atomic E-state index is 12.3. The number of amides is 1. The smallest absolute Gasteiger partial charge is 0.239 e. The highest BCUT2D eigenvalue weighted by atomic mass is 35.5. The van der Waals surface area contributed by atoms with Crippen molar-refractivity contribution in [3.8, 4) is 0 Å². The molecule has 0 radical (unpaired) electrons. The van der Waals surface area contributed by atoms with Crippen LogP contribution in [0.1, 0.15) is 17.5 Å². The molecule has 0 spiro atoms.